The van der Waals surface area contributed by atoms with Crippen LogP contribution in [0.1, 0.15) is 0 Å². The molecule has 0 fully saturated rings. The van der Waals surface area contributed by atoms with Crippen LogP contribution >= 0.6 is 0 Å². The molecular formula is C16H13N3. The van der Waals surface area contributed by atoms with Gasteiger partial charge in [-0.05, 0) is 22.9 Å². The third-order valence-corrected chi connectivity index (χ3v) is 2.85. The summed E-state index contributed by atoms with van der Waals surface area (Å²) in [6.45, 7) is 0. The van der Waals surface area contributed by atoms with E-state index in [4.69, 9.17) is 0 Å². The highest BCUT2D eigenvalue weighted by Crippen LogP contribution is 2.10. The van der Waals surface area contributed by atoms with Crippen molar-refractivity contribution in [2.24, 2.45) is 0 Å². The number of aromatic amines is 1. The number of rotatable bonds is 0. The van der Waals surface area contributed by atoms with Gasteiger partial charge < -0.3 is 4.98 Å². The lowest BCUT2D eigenvalue weighted by molar-refractivity contribution is 1.29. The van der Waals surface area contributed by atoms with Gasteiger partial charge in [-0.25, -0.2) is 0 Å². The Morgan fingerprint density at radius 1 is 0.632 bits per heavy atom. The summed E-state index contributed by atoms with van der Waals surface area (Å²) < 4.78 is 0. The first-order valence-corrected chi connectivity index (χ1v) is 6.11. The van der Waals surface area contributed by atoms with E-state index in [0.29, 0.717) is 0 Å². The first kappa shape index (κ1) is 11.4. The average Bonchev–Trinajstić information content (AvgIpc) is 2.96. The number of aromatic nitrogens is 3. The van der Waals surface area contributed by atoms with Gasteiger partial charge in [-0.15, -0.1) is 0 Å². The molecule has 3 nitrogen and oxygen atoms in total. The minimum atomic E-state index is 0.949. The van der Waals surface area contributed by atoms with E-state index in [1.54, 1.807) is 12.4 Å². The molecule has 0 aliphatic heterocycles. The van der Waals surface area contributed by atoms with Crippen LogP contribution in [0.3, 0.4) is 0 Å². The van der Waals surface area contributed by atoms with Crippen molar-refractivity contribution in [2.45, 2.75) is 0 Å². The predicted molar refractivity (Wildman–Crippen MR) is 77.8 cm³/mol. The van der Waals surface area contributed by atoms with Crippen molar-refractivity contribution in [3.8, 4) is 0 Å². The van der Waals surface area contributed by atoms with Crippen LogP contribution in [0.4, 0.5) is 0 Å². The molecule has 4 aromatic rings. The molecule has 0 saturated heterocycles. The lowest BCUT2D eigenvalue weighted by Crippen LogP contribution is -1.78. The quantitative estimate of drug-likeness (QED) is 0.513. The topological polar surface area (TPSA) is 41.6 Å². The van der Waals surface area contributed by atoms with E-state index in [1.165, 1.54) is 10.8 Å². The van der Waals surface area contributed by atoms with Gasteiger partial charge in [0.1, 0.15) is 0 Å². The third kappa shape index (κ3) is 2.60. The van der Waals surface area contributed by atoms with Crippen molar-refractivity contribution in [3.63, 3.8) is 0 Å². The summed E-state index contributed by atoms with van der Waals surface area (Å²) in [7, 11) is 0. The summed E-state index contributed by atoms with van der Waals surface area (Å²) in [6.07, 6.45) is 7.38. The Labute approximate surface area is 111 Å². The molecule has 0 radical (unpaired) electrons. The molecule has 0 saturated carbocycles. The molecule has 0 spiro atoms. The molecule has 2 aromatic heterocycles. The Morgan fingerprint density at radius 2 is 1.11 bits per heavy atom. The maximum Gasteiger partial charge on any atom is 0.0886 e. The largest absolute Gasteiger partial charge is 0.366 e. The van der Waals surface area contributed by atoms with E-state index in [0.717, 1.165) is 11.0 Å². The standard InChI is InChI=1S/C8H6N2.C8H7N/c1-2-4-8-7(3-1)9-5-6-10-8;1-2-4-8-6-9-5-7(8)3-1/h1-6H;1-6,9H. The van der Waals surface area contributed by atoms with E-state index in [2.05, 4.69) is 27.1 Å². The molecule has 92 valence electrons. The third-order valence-electron chi connectivity index (χ3n) is 2.85. The van der Waals surface area contributed by atoms with Gasteiger partial charge in [-0.3, -0.25) is 9.97 Å². The molecular weight excluding hydrogens is 234 g/mol. The van der Waals surface area contributed by atoms with Crippen molar-refractivity contribution in [2.75, 3.05) is 0 Å². The number of hydrogen-bond acceptors (Lipinski definition) is 2. The highest BCUT2D eigenvalue weighted by Gasteiger charge is 1.88. The zero-order chi connectivity index (χ0) is 12.9. The number of benzene rings is 2. The molecule has 1 N–H and O–H groups in total. The second-order valence-electron chi connectivity index (χ2n) is 4.13. The number of para-hydroxylation sites is 2. The van der Waals surface area contributed by atoms with Gasteiger partial charge in [0.15, 0.2) is 0 Å². The molecule has 19 heavy (non-hydrogen) atoms. The Bertz CT molecular complexity index is 694. The van der Waals surface area contributed by atoms with E-state index >= 15 is 0 Å². The number of hydrogen-bond donors (Lipinski definition) is 1. The van der Waals surface area contributed by atoms with Gasteiger partial charge in [0, 0.05) is 24.8 Å². The minimum absolute atomic E-state index is 0.949. The smallest absolute Gasteiger partial charge is 0.0886 e. The Kier molecular flexibility index (Phi) is 3.19. The van der Waals surface area contributed by atoms with Crippen LogP contribution < -0.4 is 0 Å². The van der Waals surface area contributed by atoms with Crippen LogP contribution in [0, 0.1) is 0 Å². The zero-order valence-electron chi connectivity index (χ0n) is 10.3. The number of H-pyrrole nitrogens is 1. The highest BCUT2D eigenvalue weighted by atomic mass is 14.8. The molecule has 0 bridgehead atoms. The maximum absolute atomic E-state index is 4.12. The monoisotopic (exact) mass is 247 g/mol. The van der Waals surface area contributed by atoms with Crippen LogP contribution in [0.5, 0.6) is 0 Å². The van der Waals surface area contributed by atoms with E-state index < -0.39 is 0 Å². The molecule has 2 aromatic carbocycles. The molecule has 0 aliphatic rings. The van der Waals surface area contributed by atoms with Gasteiger partial charge in [-0.2, -0.15) is 0 Å². The lowest BCUT2D eigenvalue weighted by atomic mass is 10.2. The number of fused-ring (bicyclic) bond motifs is 2. The average molecular weight is 247 g/mol. The Balaban J connectivity index is 0.000000117. The molecule has 0 aliphatic carbocycles. The van der Waals surface area contributed by atoms with Crippen LogP contribution in [-0.2, 0) is 0 Å². The normalized spacial score (nSPS) is 10.1. The van der Waals surface area contributed by atoms with Gasteiger partial charge in [-0.1, -0.05) is 36.4 Å². The Hall–Kier alpha value is -2.68. The van der Waals surface area contributed by atoms with Crippen molar-refractivity contribution in [1.82, 2.24) is 15.0 Å². The second-order valence-corrected chi connectivity index (χ2v) is 4.13. The van der Waals surface area contributed by atoms with Crippen LogP contribution in [0.15, 0.2) is 73.3 Å². The first-order valence-electron chi connectivity index (χ1n) is 6.11. The molecule has 0 amide bonds. The van der Waals surface area contributed by atoms with Crippen LogP contribution in [0.25, 0.3) is 21.8 Å². The summed E-state index contributed by atoms with van der Waals surface area (Å²) in [5, 5.41) is 2.55. The fourth-order valence-corrected chi connectivity index (χ4v) is 1.90. The molecule has 0 unspecified atom stereocenters. The highest BCUT2D eigenvalue weighted by molar-refractivity contribution is 5.81. The number of nitrogens with zero attached hydrogens (tertiary/aromatic N) is 2. The molecule has 2 heterocycles. The van der Waals surface area contributed by atoms with E-state index in [-0.39, 0.29) is 0 Å². The molecule has 3 heteroatoms. The van der Waals surface area contributed by atoms with Crippen molar-refractivity contribution in [1.29, 1.82) is 0 Å². The first-order chi connectivity index (χ1) is 9.43. The lowest BCUT2D eigenvalue weighted by Gasteiger charge is -1.90. The van der Waals surface area contributed by atoms with Gasteiger partial charge in [0.25, 0.3) is 0 Å². The van der Waals surface area contributed by atoms with Gasteiger partial charge >= 0.3 is 0 Å². The van der Waals surface area contributed by atoms with Crippen molar-refractivity contribution in [3.05, 3.63) is 73.3 Å². The Morgan fingerprint density at radius 3 is 1.63 bits per heavy atom. The van der Waals surface area contributed by atoms with Crippen molar-refractivity contribution < 1.29 is 0 Å². The molecule has 4 rings (SSSR count). The SMILES string of the molecule is c1ccc2c[nH]cc2c1.c1ccc2nccnc2c1. The predicted octanol–water partition coefficient (Wildman–Crippen LogP) is 3.80. The second kappa shape index (κ2) is 5.31. The fraction of sp³-hybridized carbons (Fsp3) is 0. The summed E-state index contributed by atoms with van der Waals surface area (Å²) in [4.78, 5) is 11.3. The minimum Gasteiger partial charge on any atom is -0.366 e. The summed E-state index contributed by atoms with van der Waals surface area (Å²) >= 11 is 0. The number of nitrogens with one attached hydrogen (secondary N) is 1. The zero-order valence-corrected chi connectivity index (χ0v) is 10.3. The van der Waals surface area contributed by atoms with Crippen molar-refractivity contribution >= 4 is 21.8 Å². The van der Waals surface area contributed by atoms with E-state index in [1.807, 2.05) is 48.8 Å². The van der Waals surface area contributed by atoms with Gasteiger partial charge in [0.05, 0.1) is 11.0 Å². The van der Waals surface area contributed by atoms with Crippen LogP contribution in [-0.4, -0.2) is 15.0 Å². The molecule has 0 atom stereocenters. The summed E-state index contributed by atoms with van der Waals surface area (Å²) in [6, 6.07) is 16.1. The van der Waals surface area contributed by atoms with Crippen LogP contribution in [0.2, 0.25) is 0 Å². The van der Waals surface area contributed by atoms with Gasteiger partial charge in [0.2, 0.25) is 0 Å². The van der Waals surface area contributed by atoms with E-state index in [9.17, 15) is 0 Å². The summed E-state index contributed by atoms with van der Waals surface area (Å²) in [5.41, 5.74) is 1.90. The fourth-order valence-electron chi connectivity index (χ4n) is 1.90. The maximum atomic E-state index is 4.12. The summed E-state index contributed by atoms with van der Waals surface area (Å²) in [5.74, 6) is 0.